The first-order valence-corrected chi connectivity index (χ1v) is 11.7. The monoisotopic (exact) mass is 521 g/mol. The fourth-order valence-electron chi connectivity index (χ4n) is 3.70. The molecule has 1 aromatic heterocycles. The van der Waals surface area contributed by atoms with Gasteiger partial charge in [0.25, 0.3) is 0 Å². The van der Waals surface area contributed by atoms with Gasteiger partial charge in [-0.2, -0.15) is 0 Å². The van der Waals surface area contributed by atoms with E-state index < -0.39 is 23.7 Å². The summed E-state index contributed by atoms with van der Waals surface area (Å²) in [5.41, 5.74) is 5.37. The zero-order chi connectivity index (χ0) is 25.8. The number of tetrazole rings is 1. The number of hydrogen-bond donors (Lipinski definition) is 4. The van der Waals surface area contributed by atoms with Crippen LogP contribution in [-0.4, -0.2) is 55.1 Å². The number of nitrogens with one attached hydrogen (secondary N) is 3. The van der Waals surface area contributed by atoms with Crippen molar-refractivity contribution in [1.29, 1.82) is 0 Å². The van der Waals surface area contributed by atoms with Crippen molar-refractivity contribution in [2.75, 3.05) is 6.54 Å². The van der Waals surface area contributed by atoms with Crippen LogP contribution in [0.15, 0.2) is 36.4 Å². The Morgan fingerprint density at radius 3 is 2.31 bits per heavy atom. The lowest BCUT2D eigenvalue weighted by Crippen LogP contribution is -2.52. The molecule has 1 aromatic carbocycles. The first-order chi connectivity index (χ1) is 16.7. The van der Waals surface area contributed by atoms with Crippen molar-refractivity contribution in [3.63, 3.8) is 0 Å². The molecule has 0 spiro atoms. The number of carbonyl (C=O) groups is 3. The summed E-state index contributed by atoms with van der Waals surface area (Å²) in [6.45, 7) is 8.00. The lowest BCUT2D eigenvalue weighted by molar-refractivity contribution is -0.147. The molecule has 11 nitrogen and oxygen atoms in total. The second-order valence-electron chi connectivity index (χ2n) is 9.27. The average molecular weight is 522 g/mol. The maximum absolute atomic E-state index is 13.4. The van der Waals surface area contributed by atoms with E-state index in [9.17, 15) is 19.6 Å². The van der Waals surface area contributed by atoms with Gasteiger partial charge in [0.2, 0.25) is 17.7 Å². The largest absolute Gasteiger partial charge is 0.289 e. The maximum Gasteiger partial charge on any atom is 0.248 e. The number of nitrogens with zero attached hydrogens (tertiary/aromatic N) is 4. The van der Waals surface area contributed by atoms with E-state index in [1.54, 1.807) is 5.48 Å². The highest BCUT2D eigenvalue weighted by Crippen LogP contribution is 2.25. The third-order valence-electron chi connectivity index (χ3n) is 5.30. The number of amides is 3. The van der Waals surface area contributed by atoms with Gasteiger partial charge in [0.1, 0.15) is 0 Å². The fraction of sp³-hybridized carbons (Fsp3) is 0.500. The minimum Gasteiger partial charge on any atom is -0.289 e. The highest BCUT2D eigenvalue weighted by Gasteiger charge is 2.35. The van der Waals surface area contributed by atoms with Crippen LogP contribution in [0.25, 0.3) is 6.08 Å². The molecule has 198 valence electrons. The van der Waals surface area contributed by atoms with Crippen molar-refractivity contribution in [2.45, 2.75) is 47.0 Å². The number of hydroxylamine groups is 1. The van der Waals surface area contributed by atoms with Crippen molar-refractivity contribution in [2.24, 2.45) is 23.7 Å². The molecule has 0 aliphatic heterocycles. The Morgan fingerprint density at radius 2 is 1.75 bits per heavy atom. The van der Waals surface area contributed by atoms with Gasteiger partial charge in [0.15, 0.2) is 5.82 Å². The molecular weight excluding hydrogens is 486 g/mol. The molecule has 0 unspecified atom stereocenters. The van der Waals surface area contributed by atoms with Crippen LogP contribution in [0.4, 0.5) is 0 Å². The Morgan fingerprint density at radius 1 is 1.06 bits per heavy atom. The van der Waals surface area contributed by atoms with E-state index in [0.717, 1.165) is 5.56 Å². The van der Waals surface area contributed by atoms with Crippen molar-refractivity contribution in [3.05, 3.63) is 47.8 Å². The van der Waals surface area contributed by atoms with Gasteiger partial charge in [0, 0.05) is 6.54 Å². The summed E-state index contributed by atoms with van der Waals surface area (Å²) >= 11 is 0. The van der Waals surface area contributed by atoms with Crippen LogP contribution in [0, 0.1) is 23.7 Å². The summed E-state index contributed by atoms with van der Waals surface area (Å²) < 4.78 is 0. The molecule has 0 fully saturated rings. The Kier molecular flexibility index (Phi) is 13.3. The minimum atomic E-state index is -0.836. The molecule has 2 atom stereocenters. The van der Waals surface area contributed by atoms with Gasteiger partial charge < -0.3 is 0 Å². The number of halogens is 1. The van der Waals surface area contributed by atoms with Crippen LogP contribution in [0.3, 0.4) is 0 Å². The normalized spacial score (nSPS) is 12.8. The number of carbonyl (C=O) groups excluding carboxylic acids is 3. The van der Waals surface area contributed by atoms with Crippen molar-refractivity contribution >= 4 is 36.2 Å². The molecule has 2 rings (SSSR count). The van der Waals surface area contributed by atoms with Crippen LogP contribution in [0.2, 0.25) is 0 Å². The molecule has 3 amide bonds. The average Bonchev–Trinajstić information content (AvgIpc) is 3.33. The molecule has 2 aromatic rings. The van der Waals surface area contributed by atoms with E-state index in [-0.39, 0.29) is 55.4 Å². The van der Waals surface area contributed by atoms with Gasteiger partial charge in [-0.25, -0.2) is 10.6 Å². The van der Waals surface area contributed by atoms with E-state index in [1.807, 2.05) is 70.2 Å². The molecule has 1 heterocycles. The summed E-state index contributed by atoms with van der Waals surface area (Å²) in [5, 5.41) is 23.8. The standard InChI is InChI=1S/C24H35N7O4.ClH/c1-16(2)13-20(19(24(34)28-35)12-8-11-18-9-6-5-7-10-18)23(33)27-31(15-17(3)4)22(32)14-21-25-29-30-26-21;/h5-11,16-17,19-20,35H,12-15H2,1-4H3,(H,27,33)(H,28,34)(H,25,26,29,30);1H/t19-,20+;/m0./s1. The lowest BCUT2D eigenvalue weighted by Gasteiger charge is -2.30. The van der Waals surface area contributed by atoms with Crippen LogP contribution in [-0.2, 0) is 20.8 Å². The van der Waals surface area contributed by atoms with Gasteiger partial charge in [-0.15, -0.1) is 17.5 Å². The summed E-state index contributed by atoms with van der Waals surface area (Å²) in [6, 6.07) is 9.57. The predicted octanol–water partition coefficient (Wildman–Crippen LogP) is 2.57. The van der Waals surface area contributed by atoms with Gasteiger partial charge in [-0.05, 0) is 40.7 Å². The molecule has 36 heavy (non-hydrogen) atoms. The molecule has 0 aliphatic carbocycles. The molecule has 0 aliphatic rings. The van der Waals surface area contributed by atoms with Crippen molar-refractivity contribution in [3.8, 4) is 0 Å². The second kappa shape index (κ2) is 15.6. The second-order valence-corrected chi connectivity index (χ2v) is 9.27. The molecule has 12 heteroatoms. The SMILES string of the molecule is CC(C)C[C@@H](C(=O)NN(CC(C)C)C(=O)Cc1nnn[nH]1)[C@H](CC=Cc1ccccc1)C(=O)NO.Cl. The molecular formula is C24H36ClN7O4. The minimum absolute atomic E-state index is 0. The Balaban J connectivity index is 0.00000648. The van der Waals surface area contributed by atoms with E-state index >= 15 is 0 Å². The maximum atomic E-state index is 13.4. The third kappa shape index (κ3) is 10.1. The molecule has 0 bridgehead atoms. The van der Waals surface area contributed by atoms with E-state index in [0.29, 0.717) is 6.42 Å². The topological polar surface area (TPSA) is 153 Å². The first-order valence-electron chi connectivity index (χ1n) is 11.7. The molecule has 0 saturated heterocycles. The van der Waals surface area contributed by atoms with E-state index in [2.05, 4.69) is 26.0 Å². The van der Waals surface area contributed by atoms with Gasteiger partial charge in [-0.1, -0.05) is 70.2 Å². The van der Waals surface area contributed by atoms with Gasteiger partial charge in [-0.3, -0.25) is 30.0 Å². The summed E-state index contributed by atoms with van der Waals surface area (Å²) in [6.07, 6.45) is 4.17. The Labute approximate surface area is 217 Å². The van der Waals surface area contributed by atoms with Crippen molar-refractivity contribution < 1.29 is 19.6 Å². The number of benzene rings is 1. The highest BCUT2D eigenvalue weighted by atomic mass is 35.5. The zero-order valence-electron chi connectivity index (χ0n) is 21.0. The third-order valence-corrected chi connectivity index (χ3v) is 5.30. The smallest absolute Gasteiger partial charge is 0.248 e. The first kappa shape index (κ1) is 30.7. The summed E-state index contributed by atoms with van der Waals surface area (Å²) in [7, 11) is 0. The Bertz CT molecular complexity index is 968. The van der Waals surface area contributed by atoms with Crippen LogP contribution in [0.5, 0.6) is 0 Å². The number of H-pyrrole nitrogens is 1. The zero-order valence-corrected chi connectivity index (χ0v) is 21.9. The summed E-state index contributed by atoms with van der Waals surface area (Å²) in [5.74, 6) is -2.69. The highest BCUT2D eigenvalue weighted by molar-refractivity contribution is 5.89. The van der Waals surface area contributed by atoms with E-state index in [4.69, 9.17) is 0 Å². The number of hydrogen-bond acceptors (Lipinski definition) is 7. The van der Waals surface area contributed by atoms with Gasteiger partial charge >= 0.3 is 0 Å². The number of hydrazine groups is 1. The lowest BCUT2D eigenvalue weighted by atomic mass is 9.82. The number of rotatable bonds is 12. The predicted molar refractivity (Wildman–Crippen MR) is 136 cm³/mol. The Hall–Kier alpha value is -3.31. The molecule has 0 saturated carbocycles. The molecule has 4 N–H and O–H groups in total. The number of allylic oxidation sites excluding steroid dienone is 1. The van der Waals surface area contributed by atoms with Crippen LogP contribution in [0.1, 0.15) is 51.9 Å². The number of aromatic nitrogens is 4. The van der Waals surface area contributed by atoms with Crippen LogP contribution >= 0.6 is 12.4 Å². The van der Waals surface area contributed by atoms with Crippen molar-refractivity contribution in [1.82, 2.24) is 36.5 Å². The van der Waals surface area contributed by atoms with Gasteiger partial charge in [0.05, 0.1) is 18.3 Å². The quantitative estimate of drug-likeness (QED) is 0.247. The fourth-order valence-corrected chi connectivity index (χ4v) is 3.70. The van der Waals surface area contributed by atoms with Crippen LogP contribution < -0.4 is 10.9 Å². The number of aromatic amines is 1. The summed E-state index contributed by atoms with van der Waals surface area (Å²) in [4.78, 5) is 38.9. The van der Waals surface area contributed by atoms with E-state index in [1.165, 1.54) is 5.01 Å². The molecule has 0 radical (unpaired) electrons.